The minimum atomic E-state index is 0.0927. The molecule has 1 aromatic carbocycles. The number of nitrogens with zero attached hydrogens (tertiary/aromatic N) is 1. The van der Waals surface area contributed by atoms with E-state index in [2.05, 4.69) is 18.3 Å². The molecule has 3 heteroatoms. The normalized spacial score (nSPS) is 16.7. The summed E-state index contributed by atoms with van der Waals surface area (Å²) >= 11 is 0. The Morgan fingerprint density at radius 1 is 1.32 bits per heavy atom. The van der Waals surface area contributed by atoms with E-state index in [-0.39, 0.29) is 5.91 Å². The predicted octanol–water partition coefficient (Wildman–Crippen LogP) is 2.22. The van der Waals surface area contributed by atoms with Crippen LogP contribution in [-0.4, -0.2) is 37.0 Å². The third-order valence-corrected chi connectivity index (χ3v) is 3.80. The highest BCUT2D eigenvalue weighted by molar-refractivity contribution is 5.92. The monoisotopic (exact) mass is 258 g/mol. The third kappa shape index (κ3) is 3.67. The van der Waals surface area contributed by atoms with Gasteiger partial charge in [-0.15, -0.1) is 0 Å². The second-order valence-electron chi connectivity index (χ2n) is 5.12. The summed E-state index contributed by atoms with van der Waals surface area (Å²) in [4.78, 5) is 14.0. The Labute approximate surface area is 115 Å². The topological polar surface area (TPSA) is 32.3 Å². The Morgan fingerprint density at radius 2 is 2.00 bits per heavy atom. The number of carbonyl (C=O) groups is 1. The molecule has 0 bridgehead atoms. The second-order valence-corrected chi connectivity index (χ2v) is 5.12. The van der Waals surface area contributed by atoms with Crippen molar-refractivity contribution in [1.29, 1.82) is 0 Å². The molecule has 0 radical (unpaired) electrons. The molecule has 2 rings (SSSR count). The van der Waals surface area contributed by atoms with E-state index in [0.717, 1.165) is 31.5 Å². The number of piperidine rings is 1. The van der Waals surface area contributed by atoms with Crippen molar-refractivity contribution in [3.63, 3.8) is 0 Å². The number of nitrogens with one attached hydrogen (secondary N) is 1. The van der Waals surface area contributed by atoms with Crippen LogP contribution < -0.4 is 5.32 Å². The molecule has 1 N–H and O–H groups in total. The lowest BCUT2D eigenvalue weighted by Crippen LogP contribution is -2.43. The highest BCUT2D eigenvalue weighted by Crippen LogP contribution is 2.12. The molecule has 0 aliphatic carbocycles. The van der Waals surface area contributed by atoms with E-state index in [1.54, 1.807) is 6.08 Å². The van der Waals surface area contributed by atoms with Crippen molar-refractivity contribution in [3.8, 4) is 0 Å². The largest absolute Gasteiger partial charge is 0.339 e. The quantitative estimate of drug-likeness (QED) is 0.843. The fourth-order valence-corrected chi connectivity index (χ4v) is 2.43. The molecule has 1 saturated heterocycles. The van der Waals surface area contributed by atoms with Crippen LogP contribution in [0.3, 0.4) is 0 Å². The summed E-state index contributed by atoms with van der Waals surface area (Å²) in [5, 5.41) is 3.32. The zero-order valence-corrected chi connectivity index (χ0v) is 11.7. The molecule has 1 heterocycles. The molecule has 1 aliphatic rings. The van der Waals surface area contributed by atoms with Gasteiger partial charge in [-0.1, -0.05) is 24.3 Å². The number of benzene rings is 1. The van der Waals surface area contributed by atoms with Gasteiger partial charge in [-0.25, -0.2) is 0 Å². The first-order valence-electron chi connectivity index (χ1n) is 6.89. The molecule has 0 spiro atoms. The second kappa shape index (κ2) is 6.53. The van der Waals surface area contributed by atoms with Crippen LogP contribution in [0.1, 0.15) is 24.0 Å². The Kier molecular flexibility index (Phi) is 4.74. The highest BCUT2D eigenvalue weighted by Gasteiger charge is 2.20. The number of rotatable bonds is 3. The van der Waals surface area contributed by atoms with E-state index in [4.69, 9.17) is 0 Å². The van der Waals surface area contributed by atoms with Gasteiger partial charge in [0, 0.05) is 19.2 Å². The molecular formula is C16H22N2O. The maximum absolute atomic E-state index is 12.1. The third-order valence-electron chi connectivity index (χ3n) is 3.80. The smallest absolute Gasteiger partial charge is 0.246 e. The van der Waals surface area contributed by atoms with Crippen LogP contribution in [0.2, 0.25) is 0 Å². The standard InChI is InChI=1S/C16H22N2O/c1-13-5-3-4-6-14(13)7-8-16(19)18(2)15-9-11-17-12-10-15/h3-8,15,17H,9-12H2,1-2H3/b8-7+. The van der Waals surface area contributed by atoms with Gasteiger partial charge in [0.2, 0.25) is 5.91 Å². The first-order chi connectivity index (χ1) is 9.18. The van der Waals surface area contributed by atoms with Crippen LogP contribution in [0.4, 0.5) is 0 Å². The maximum atomic E-state index is 12.1. The van der Waals surface area contributed by atoms with Crippen LogP contribution in [0.15, 0.2) is 30.3 Å². The molecule has 1 aliphatic heterocycles. The number of hydrogen-bond acceptors (Lipinski definition) is 2. The summed E-state index contributed by atoms with van der Waals surface area (Å²) < 4.78 is 0. The van der Waals surface area contributed by atoms with E-state index in [0.29, 0.717) is 6.04 Å². The first kappa shape index (κ1) is 13.8. The number of hydrogen-bond donors (Lipinski definition) is 1. The van der Waals surface area contributed by atoms with Crippen LogP contribution in [0.5, 0.6) is 0 Å². The highest BCUT2D eigenvalue weighted by atomic mass is 16.2. The number of carbonyl (C=O) groups excluding carboxylic acids is 1. The van der Waals surface area contributed by atoms with Gasteiger partial charge in [0.25, 0.3) is 0 Å². The van der Waals surface area contributed by atoms with Crippen molar-refractivity contribution < 1.29 is 4.79 Å². The van der Waals surface area contributed by atoms with E-state index in [1.807, 2.05) is 36.2 Å². The molecule has 0 saturated carbocycles. The van der Waals surface area contributed by atoms with Crippen LogP contribution in [0.25, 0.3) is 6.08 Å². The van der Waals surface area contributed by atoms with Crippen LogP contribution in [0, 0.1) is 6.92 Å². The van der Waals surface area contributed by atoms with Crippen molar-refractivity contribution >= 4 is 12.0 Å². The fraction of sp³-hybridized carbons (Fsp3) is 0.438. The van der Waals surface area contributed by atoms with Gasteiger partial charge < -0.3 is 10.2 Å². The molecule has 1 fully saturated rings. The number of amides is 1. The Balaban J connectivity index is 1.98. The molecule has 0 aromatic heterocycles. The minimum Gasteiger partial charge on any atom is -0.339 e. The van der Waals surface area contributed by atoms with Crippen LogP contribution in [-0.2, 0) is 4.79 Å². The average Bonchev–Trinajstić information content (AvgIpc) is 2.46. The predicted molar refractivity (Wildman–Crippen MR) is 78.9 cm³/mol. The van der Waals surface area contributed by atoms with Crippen molar-refractivity contribution in [2.45, 2.75) is 25.8 Å². The van der Waals surface area contributed by atoms with Gasteiger partial charge in [-0.2, -0.15) is 0 Å². The van der Waals surface area contributed by atoms with Gasteiger partial charge in [-0.3, -0.25) is 4.79 Å². The Morgan fingerprint density at radius 3 is 2.68 bits per heavy atom. The maximum Gasteiger partial charge on any atom is 0.246 e. The molecule has 1 aromatic rings. The van der Waals surface area contributed by atoms with Gasteiger partial charge in [-0.05, 0) is 50.1 Å². The van der Waals surface area contributed by atoms with E-state index < -0.39 is 0 Å². The summed E-state index contributed by atoms with van der Waals surface area (Å²) in [6, 6.07) is 8.46. The molecular weight excluding hydrogens is 236 g/mol. The van der Waals surface area contributed by atoms with Crippen LogP contribution >= 0.6 is 0 Å². The molecule has 0 atom stereocenters. The summed E-state index contributed by atoms with van der Waals surface area (Å²) in [6.45, 7) is 4.06. The fourth-order valence-electron chi connectivity index (χ4n) is 2.43. The molecule has 1 amide bonds. The molecule has 3 nitrogen and oxygen atoms in total. The summed E-state index contributed by atoms with van der Waals surface area (Å²) in [5.41, 5.74) is 2.30. The van der Waals surface area contributed by atoms with Gasteiger partial charge in [0.1, 0.15) is 0 Å². The number of likely N-dealkylation sites (N-methyl/N-ethyl adjacent to an activating group) is 1. The molecule has 19 heavy (non-hydrogen) atoms. The van der Waals surface area contributed by atoms with Crippen molar-refractivity contribution in [1.82, 2.24) is 10.2 Å². The van der Waals surface area contributed by atoms with Gasteiger partial charge in [0.15, 0.2) is 0 Å². The van der Waals surface area contributed by atoms with Crippen molar-refractivity contribution in [3.05, 3.63) is 41.5 Å². The summed E-state index contributed by atoms with van der Waals surface area (Å²) in [5.74, 6) is 0.0927. The summed E-state index contributed by atoms with van der Waals surface area (Å²) in [6.07, 6.45) is 5.68. The SMILES string of the molecule is Cc1ccccc1/C=C/C(=O)N(C)C1CCNCC1. The summed E-state index contributed by atoms with van der Waals surface area (Å²) in [7, 11) is 1.90. The number of aryl methyl sites for hydroxylation is 1. The van der Waals surface area contributed by atoms with Gasteiger partial charge >= 0.3 is 0 Å². The zero-order valence-electron chi connectivity index (χ0n) is 11.7. The van der Waals surface area contributed by atoms with E-state index in [1.165, 1.54) is 5.56 Å². The minimum absolute atomic E-state index is 0.0927. The first-order valence-corrected chi connectivity index (χ1v) is 6.89. The lowest BCUT2D eigenvalue weighted by Gasteiger charge is -2.30. The van der Waals surface area contributed by atoms with E-state index >= 15 is 0 Å². The lowest BCUT2D eigenvalue weighted by atomic mass is 10.0. The average molecular weight is 258 g/mol. The Hall–Kier alpha value is -1.61. The Bertz CT molecular complexity index is 462. The lowest BCUT2D eigenvalue weighted by molar-refractivity contribution is -0.127. The molecule has 0 unspecified atom stereocenters. The van der Waals surface area contributed by atoms with E-state index in [9.17, 15) is 4.79 Å². The van der Waals surface area contributed by atoms with Gasteiger partial charge in [0.05, 0.1) is 0 Å². The van der Waals surface area contributed by atoms with Crippen molar-refractivity contribution in [2.75, 3.05) is 20.1 Å². The molecule has 102 valence electrons. The van der Waals surface area contributed by atoms with Crippen molar-refractivity contribution in [2.24, 2.45) is 0 Å². The zero-order chi connectivity index (χ0) is 13.7.